The van der Waals surface area contributed by atoms with Gasteiger partial charge in [0.05, 0.1) is 10.2 Å². The molecule has 2 heterocycles. The summed E-state index contributed by atoms with van der Waals surface area (Å²) in [6.07, 6.45) is 2.20. The number of anilines is 1. The Kier molecular flexibility index (Phi) is 4.55. The maximum atomic E-state index is 13.3. The molecular weight excluding hydrogens is 412 g/mol. The average Bonchev–Trinajstić information content (AvgIpc) is 3.23. The number of urea groups is 1. The molecule has 1 spiro atoms. The van der Waals surface area contributed by atoms with Crippen LogP contribution in [0, 0.1) is 13.8 Å². The lowest BCUT2D eigenvalue weighted by molar-refractivity contribution is -0.134. The number of aromatic nitrogens is 1. The Hall–Kier alpha value is -3.26. The van der Waals surface area contributed by atoms with Crippen LogP contribution in [-0.2, 0) is 21.5 Å². The highest BCUT2D eigenvalue weighted by Gasteiger charge is 2.54. The lowest BCUT2D eigenvalue weighted by Crippen LogP contribution is -2.47. The van der Waals surface area contributed by atoms with Crippen molar-refractivity contribution < 1.29 is 14.4 Å². The van der Waals surface area contributed by atoms with Crippen LogP contribution in [0.2, 0.25) is 0 Å². The Balaban J connectivity index is 1.36. The van der Waals surface area contributed by atoms with Crippen molar-refractivity contribution in [2.24, 2.45) is 0 Å². The molecule has 3 aromatic rings. The molecular formula is C23H22N4O3S. The monoisotopic (exact) mass is 434 g/mol. The summed E-state index contributed by atoms with van der Waals surface area (Å²) in [6.45, 7) is 3.65. The van der Waals surface area contributed by atoms with Crippen molar-refractivity contribution in [1.82, 2.24) is 15.2 Å². The molecule has 0 saturated carbocycles. The standard InChI is InChI=1S/C23H22N4O3S/c1-13-10-14(2)19-17(11-13)31-21(25-19)24-18(28)12-27-20(29)23(26-22(27)30)9-5-7-15-6-3-4-8-16(15)23/h3-4,6,8,10-11H,5,7,9,12H2,1-2H3,(H,26,30)(H,24,25,28). The molecule has 1 aliphatic carbocycles. The molecule has 4 amide bonds. The van der Waals surface area contributed by atoms with E-state index in [1.165, 1.54) is 11.3 Å². The van der Waals surface area contributed by atoms with Gasteiger partial charge in [-0.05, 0) is 61.4 Å². The summed E-state index contributed by atoms with van der Waals surface area (Å²) in [4.78, 5) is 44.2. The molecule has 0 bridgehead atoms. The molecule has 1 unspecified atom stereocenters. The first-order valence-electron chi connectivity index (χ1n) is 10.3. The van der Waals surface area contributed by atoms with Crippen LogP contribution in [0.5, 0.6) is 0 Å². The van der Waals surface area contributed by atoms with E-state index in [1.807, 2.05) is 50.2 Å². The van der Waals surface area contributed by atoms with Crippen molar-refractivity contribution in [2.75, 3.05) is 11.9 Å². The van der Waals surface area contributed by atoms with Crippen molar-refractivity contribution in [3.05, 3.63) is 58.7 Å². The van der Waals surface area contributed by atoms with Crippen LogP contribution in [0.4, 0.5) is 9.93 Å². The third-order valence-corrected chi connectivity index (χ3v) is 6.95. The molecule has 1 saturated heterocycles. The molecule has 2 N–H and O–H groups in total. The number of nitrogens with zero attached hydrogens (tertiary/aromatic N) is 2. The quantitative estimate of drug-likeness (QED) is 0.616. The van der Waals surface area contributed by atoms with Gasteiger partial charge in [-0.25, -0.2) is 9.78 Å². The Morgan fingerprint density at radius 1 is 1.26 bits per heavy atom. The van der Waals surface area contributed by atoms with Crippen LogP contribution in [0.15, 0.2) is 36.4 Å². The third-order valence-electron chi connectivity index (χ3n) is 6.03. The number of carbonyl (C=O) groups is 3. The smallest absolute Gasteiger partial charge is 0.319 e. The Labute approximate surface area is 183 Å². The number of imide groups is 1. The number of carbonyl (C=O) groups excluding carboxylic acids is 3. The second-order valence-electron chi connectivity index (χ2n) is 8.23. The molecule has 1 aliphatic heterocycles. The summed E-state index contributed by atoms with van der Waals surface area (Å²) >= 11 is 1.38. The second kappa shape index (κ2) is 7.16. The van der Waals surface area contributed by atoms with Crippen molar-refractivity contribution >= 4 is 44.5 Å². The molecule has 2 aromatic carbocycles. The van der Waals surface area contributed by atoms with Gasteiger partial charge < -0.3 is 10.6 Å². The maximum Gasteiger partial charge on any atom is 0.325 e. The van der Waals surface area contributed by atoms with E-state index in [0.29, 0.717) is 11.6 Å². The van der Waals surface area contributed by atoms with Gasteiger partial charge in [-0.2, -0.15) is 0 Å². The first kappa shape index (κ1) is 19.7. The Morgan fingerprint density at radius 3 is 2.90 bits per heavy atom. The number of fused-ring (bicyclic) bond motifs is 3. The van der Waals surface area contributed by atoms with Crippen molar-refractivity contribution in [3.63, 3.8) is 0 Å². The summed E-state index contributed by atoms with van der Waals surface area (Å²) in [5.74, 6) is -0.811. The largest absolute Gasteiger partial charge is 0.325 e. The minimum atomic E-state index is -1.07. The maximum absolute atomic E-state index is 13.3. The second-order valence-corrected chi connectivity index (χ2v) is 9.26. The molecule has 1 atom stereocenters. The zero-order valence-electron chi connectivity index (χ0n) is 17.3. The van der Waals surface area contributed by atoms with Crippen LogP contribution in [0.25, 0.3) is 10.2 Å². The number of aryl methyl sites for hydroxylation is 3. The topological polar surface area (TPSA) is 91.4 Å². The molecule has 158 valence electrons. The zero-order chi connectivity index (χ0) is 21.8. The number of hydrogen-bond donors (Lipinski definition) is 2. The first-order chi connectivity index (χ1) is 14.9. The highest BCUT2D eigenvalue weighted by Crippen LogP contribution is 2.39. The SMILES string of the molecule is Cc1cc(C)c2nc(NC(=O)CN3C(=O)NC4(CCCc5ccccc54)C3=O)sc2c1. The lowest BCUT2D eigenvalue weighted by Gasteiger charge is -2.33. The fourth-order valence-corrected chi connectivity index (χ4v) is 5.74. The lowest BCUT2D eigenvalue weighted by atomic mass is 9.76. The number of rotatable bonds is 3. The van der Waals surface area contributed by atoms with Gasteiger partial charge in [-0.15, -0.1) is 0 Å². The summed E-state index contributed by atoms with van der Waals surface area (Å²) in [5.41, 5.74) is 3.84. The van der Waals surface area contributed by atoms with Crippen LogP contribution >= 0.6 is 11.3 Å². The molecule has 1 fully saturated rings. The summed E-state index contributed by atoms with van der Waals surface area (Å²) in [5, 5.41) is 6.08. The van der Waals surface area contributed by atoms with Gasteiger partial charge in [0.15, 0.2) is 5.13 Å². The van der Waals surface area contributed by atoms with Crippen LogP contribution in [0.3, 0.4) is 0 Å². The molecule has 0 radical (unpaired) electrons. The van der Waals surface area contributed by atoms with Crippen LogP contribution in [-0.4, -0.2) is 34.3 Å². The van der Waals surface area contributed by atoms with Crippen molar-refractivity contribution in [1.29, 1.82) is 0 Å². The number of nitrogens with one attached hydrogen (secondary N) is 2. The average molecular weight is 435 g/mol. The Morgan fingerprint density at radius 2 is 2.06 bits per heavy atom. The van der Waals surface area contributed by atoms with E-state index in [9.17, 15) is 14.4 Å². The van der Waals surface area contributed by atoms with E-state index in [-0.39, 0.29) is 12.5 Å². The highest BCUT2D eigenvalue weighted by atomic mass is 32.1. The van der Waals surface area contributed by atoms with Crippen LogP contribution in [0.1, 0.15) is 35.1 Å². The van der Waals surface area contributed by atoms with Gasteiger partial charge in [0, 0.05) is 0 Å². The van der Waals surface area contributed by atoms with Gasteiger partial charge in [-0.1, -0.05) is 41.7 Å². The number of hydrogen-bond acceptors (Lipinski definition) is 5. The van der Waals surface area contributed by atoms with Gasteiger partial charge >= 0.3 is 6.03 Å². The van der Waals surface area contributed by atoms with Crippen molar-refractivity contribution in [3.8, 4) is 0 Å². The summed E-state index contributed by atoms with van der Waals surface area (Å²) in [7, 11) is 0. The van der Waals surface area contributed by atoms with Gasteiger partial charge in [-0.3, -0.25) is 14.5 Å². The van der Waals surface area contributed by atoms with E-state index >= 15 is 0 Å². The van der Waals surface area contributed by atoms with Gasteiger partial charge in [0.25, 0.3) is 5.91 Å². The van der Waals surface area contributed by atoms with Crippen molar-refractivity contribution in [2.45, 2.75) is 38.6 Å². The summed E-state index contributed by atoms with van der Waals surface area (Å²) < 4.78 is 0.987. The van der Waals surface area contributed by atoms with Crippen LogP contribution < -0.4 is 10.6 Å². The number of benzene rings is 2. The molecule has 31 heavy (non-hydrogen) atoms. The van der Waals surface area contributed by atoms with E-state index < -0.39 is 17.5 Å². The summed E-state index contributed by atoms with van der Waals surface area (Å²) in [6, 6.07) is 11.2. The molecule has 7 nitrogen and oxygen atoms in total. The molecule has 2 aliphatic rings. The fraction of sp³-hybridized carbons (Fsp3) is 0.304. The van der Waals surface area contributed by atoms with E-state index in [2.05, 4.69) is 15.6 Å². The minimum absolute atomic E-state index is 0.345. The van der Waals surface area contributed by atoms with E-state index in [1.54, 1.807) is 0 Å². The predicted molar refractivity (Wildman–Crippen MR) is 119 cm³/mol. The number of amides is 4. The normalized spacial score (nSPS) is 20.3. The zero-order valence-corrected chi connectivity index (χ0v) is 18.1. The molecule has 8 heteroatoms. The third kappa shape index (κ3) is 3.18. The van der Waals surface area contributed by atoms with E-state index in [0.717, 1.165) is 50.2 Å². The van der Waals surface area contributed by atoms with E-state index in [4.69, 9.17) is 0 Å². The highest BCUT2D eigenvalue weighted by molar-refractivity contribution is 7.22. The van der Waals surface area contributed by atoms with Gasteiger partial charge in [0.2, 0.25) is 5.91 Å². The molecule has 1 aromatic heterocycles. The minimum Gasteiger partial charge on any atom is -0.319 e. The predicted octanol–water partition coefficient (Wildman–Crippen LogP) is 3.64. The Bertz CT molecular complexity index is 1250. The van der Waals surface area contributed by atoms with Gasteiger partial charge in [0.1, 0.15) is 12.1 Å². The number of thiazole rings is 1. The molecule has 5 rings (SSSR count). The fourth-order valence-electron chi connectivity index (χ4n) is 4.68. The first-order valence-corrected chi connectivity index (χ1v) is 11.1.